The third-order valence-electron chi connectivity index (χ3n) is 5.58. The number of nitrogens with one attached hydrogen (secondary N) is 1. The molecule has 0 bridgehead atoms. The Hall–Kier alpha value is -1.79. The van der Waals surface area contributed by atoms with Crippen LogP contribution in [0.1, 0.15) is 44.1 Å². The van der Waals surface area contributed by atoms with E-state index in [0.29, 0.717) is 10.7 Å². The van der Waals surface area contributed by atoms with Crippen molar-refractivity contribution in [3.63, 3.8) is 0 Å². The van der Waals surface area contributed by atoms with Crippen LogP contribution in [0, 0.1) is 0 Å². The summed E-state index contributed by atoms with van der Waals surface area (Å²) >= 11 is 8.03. The molecule has 142 valence electrons. The van der Waals surface area contributed by atoms with Crippen molar-refractivity contribution in [3.8, 4) is 0 Å². The molecule has 0 unspecified atom stereocenters. The van der Waals surface area contributed by atoms with Gasteiger partial charge in [-0.15, -0.1) is 11.8 Å². The predicted octanol–water partition coefficient (Wildman–Crippen LogP) is 4.75. The molecule has 2 aromatic rings. The Morgan fingerprint density at radius 2 is 1.93 bits per heavy atom. The highest BCUT2D eigenvalue weighted by atomic mass is 35.5. The number of rotatable bonds is 3. The lowest BCUT2D eigenvalue weighted by molar-refractivity contribution is -0.132. The molecule has 1 aromatic carbocycles. The van der Waals surface area contributed by atoms with Crippen LogP contribution >= 0.6 is 23.4 Å². The van der Waals surface area contributed by atoms with Gasteiger partial charge in [0.15, 0.2) is 0 Å². The Balaban J connectivity index is 1.62. The number of fused-ring (bicyclic) bond motifs is 1. The minimum absolute atomic E-state index is 0.122. The Morgan fingerprint density at radius 1 is 1.19 bits per heavy atom. The van der Waals surface area contributed by atoms with Crippen molar-refractivity contribution in [1.82, 2.24) is 15.2 Å². The molecule has 27 heavy (non-hydrogen) atoms. The Kier molecular flexibility index (Phi) is 5.03. The number of carbonyl (C=O) groups excluding carboxylic acids is 2. The Morgan fingerprint density at radius 3 is 2.63 bits per heavy atom. The number of halogens is 1. The van der Waals surface area contributed by atoms with Crippen molar-refractivity contribution < 1.29 is 9.59 Å². The quantitative estimate of drug-likeness (QED) is 0.456. The molecule has 2 heterocycles. The van der Waals surface area contributed by atoms with E-state index >= 15 is 0 Å². The molecule has 1 saturated carbocycles. The first-order chi connectivity index (χ1) is 13.0. The van der Waals surface area contributed by atoms with Gasteiger partial charge in [-0.3, -0.25) is 9.69 Å². The van der Waals surface area contributed by atoms with E-state index in [9.17, 15) is 9.59 Å². The van der Waals surface area contributed by atoms with E-state index in [0.717, 1.165) is 54.3 Å². The zero-order valence-corrected chi connectivity index (χ0v) is 16.8. The molecular weight excluding hydrogens is 382 g/mol. The molecule has 7 heteroatoms. The van der Waals surface area contributed by atoms with Gasteiger partial charge in [-0.25, -0.2) is 9.78 Å². The van der Waals surface area contributed by atoms with Crippen LogP contribution in [0.25, 0.3) is 10.9 Å². The lowest BCUT2D eigenvalue weighted by atomic mass is 9.90. The highest BCUT2D eigenvalue weighted by Crippen LogP contribution is 2.34. The SMILES string of the molecule is CSc1ccc2cc(CN3C(=O)NC4(CCCCCC4)C3=O)c(Cl)nc2c1. The number of carbonyl (C=O) groups is 2. The van der Waals surface area contributed by atoms with Crippen LogP contribution in [0.15, 0.2) is 29.2 Å². The molecular formula is C20H22ClN3O2S. The van der Waals surface area contributed by atoms with Gasteiger partial charge < -0.3 is 5.32 Å². The second kappa shape index (κ2) is 7.32. The maximum Gasteiger partial charge on any atom is 0.325 e. The number of urea groups is 1. The molecule has 1 aliphatic carbocycles. The van der Waals surface area contributed by atoms with Crippen LogP contribution in [0.3, 0.4) is 0 Å². The fourth-order valence-corrected chi connectivity index (χ4v) is 4.71. The number of pyridine rings is 1. The molecule has 2 aliphatic rings. The molecule has 1 aliphatic heterocycles. The van der Waals surface area contributed by atoms with E-state index in [4.69, 9.17) is 11.6 Å². The van der Waals surface area contributed by atoms with Crippen molar-refractivity contribution in [1.29, 1.82) is 0 Å². The molecule has 3 amide bonds. The Labute approximate surface area is 167 Å². The number of amides is 3. The molecule has 1 aromatic heterocycles. The molecule has 4 rings (SSSR count). The van der Waals surface area contributed by atoms with Gasteiger partial charge in [0.25, 0.3) is 5.91 Å². The minimum Gasteiger partial charge on any atom is -0.323 e. The van der Waals surface area contributed by atoms with Crippen LogP contribution < -0.4 is 5.32 Å². The topological polar surface area (TPSA) is 62.3 Å². The van der Waals surface area contributed by atoms with Gasteiger partial charge in [0.05, 0.1) is 12.1 Å². The normalized spacial score (nSPS) is 19.6. The number of nitrogens with zero attached hydrogens (tertiary/aromatic N) is 2. The number of imide groups is 1. The highest BCUT2D eigenvalue weighted by Gasteiger charge is 2.50. The summed E-state index contributed by atoms with van der Waals surface area (Å²) < 4.78 is 0. The van der Waals surface area contributed by atoms with Crippen LogP contribution in [0.4, 0.5) is 4.79 Å². The van der Waals surface area contributed by atoms with Crippen molar-refractivity contribution in [2.24, 2.45) is 0 Å². The average molecular weight is 404 g/mol. The molecule has 5 nitrogen and oxygen atoms in total. The molecule has 1 spiro atoms. The van der Waals surface area contributed by atoms with Crippen molar-refractivity contribution in [2.75, 3.05) is 6.26 Å². The summed E-state index contributed by atoms with van der Waals surface area (Å²) in [7, 11) is 0. The minimum atomic E-state index is -0.725. The fraction of sp³-hybridized carbons (Fsp3) is 0.450. The summed E-state index contributed by atoms with van der Waals surface area (Å²) in [5.41, 5.74) is 0.778. The number of thioether (sulfide) groups is 1. The van der Waals surface area contributed by atoms with Gasteiger partial charge in [0.1, 0.15) is 10.7 Å². The zero-order valence-electron chi connectivity index (χ0n) is 15.3. The first-order valence-electron chi connectivity index (χ1n) is 9.30. The third kappa shape index (κ3) is 3.41. The highest BCUT2D eigenvalue weighted by molar-refractivity contribution is 7.98. The maximum absolute atomic E-state index is 13.1. The van der Waals surface area contributed by atoms with Gasteiger partial charge in [-0.2, -0.15) is 0 Å². The van der Waals surface area contributed by atoms with Gasteiger partial charge in [0.2, 0.25) is 0 Å². The second-order valence-electron chi connectivity index (χ2n) is 7.31. The smallest absolute Gasteiger partial charge is 0.323 e. The third-order valence-corrected chi connectivity index (χ3v) is 6.63. The Bertz CT molecular complexity index is 909. The monoisotopic (exact) mass is 403 g/mol. The van der Waals surface area contributed by atoms with Gasteiger partial charge in [-0.1, -0.05) is 43.4 Å². The maximum atomic E-state index is 13.1. The fourth-order valence-electron chi connectivity index (χ4n) is 4.07. The molecule has 0 atom stereocenters. The summed E-state index contributed by atoms with van der Waals surface area (Å²) in [6.07, 6.45) is 7.61. The van der Waals surface area contributed by atoms with Crippen LogP contribution in [0.2, 0.25) is 5.15 Å². The van der Waals surface area contributed by atoms with E-state index in [2.05, 4.69) is 10.3 Å². The van der Waals surface area contributed by atoms with Crippen LogP contribution in [-0.4, -0.2) is 33.6 Å². The van der Waals surface area contributed by atoms with E-state index in [1.165, 1.54) is 4.90 Å². The second-order valence-corrected chi connectivity index (χ2v) is 8.55. The average Bonchev–Trinajstić information content (AvgIpc) is 2.83. The summed E-state index contributed by atoms with van der Waals surface area (Å²) in [5.74, 6) is -0.122. The van der Waals surface area contributed by atoms with E-state index < -0.39 is 5.54 Å². The summed E-state index contributed by atoms with van der Waals surface area (Å²) in [5, 5.41) is 4.26. The van der Waals surface area contributed by atoms with Crippen LogP contribution in [-0.2, 0) is 11.3 Å². The standard InChI is InChI=1S/C20H22ClN3O2S/c1-27-15-7-6-13-10-14(17(21)22-16(13)11-15)12-24-18(25)20(23-19(24)26)8-4-2-3-5-9-20/h6-7,10-11H,2-5,8-9,12H2,1H3,(H,23,26). The van der Waals surface area contributed by atoms with E-state index in [-0.39, 0.29) is 18.5 Å². The summed E-state index contributed by atoms with van der Waals surface area (Å²) in [4.78, 5) is 32.5. The first kappa shape index (κ1) is 18.6. The number of hydrogen-bond donors (Lipinski definition) is 1. The van der Waals surface area contributed by atoms with Crippen LogP contribution in [0.5, 0.6) is 0 Å². The number of benzene rings is 1. The number of hydrogen-bond acceptors (Lipinski definition) is 4. The summed E-state index contributed by atoms with van der Waals surface area (Å²) in [6.45, 7) is 0.151. The molecule has 1 N–H and O–H groups in total. The largest absolute Gasteiger partial charge is 0.325 e. The van der Waals surface area contributed by atoms with Crippen molar-refractivity contribution >= 4 is 46.2 Å². The van der Waals surface area contributed by atoms with Crippen molar-refractivity contribution in [2.45, 2.75) is 55.5 Å². The lowest BCUT2D eigenvalue weighted by Crippen LogP contribution is -2.46. The van der Waals surface area contributed by atoms with Gasteiger partial charge in [0, 0.05) is 15.8 Å². The predicted molar refractivity (Wildman–Crippen MR) is 108 cm³/mol. The molecule has 0 radical (unpaired) electrons. The van der Waals surface area contributed by atoms with Gasteiger partial charge >= 0.3 is 6.03 Å². The zero-order chi connectivity index (χ0) is 19.0. The molecule has 1 saturated heterocycles. The first-order valence-corrected chi connectivity index (χ1v) is 10.9. The van der Waals surface area contributed by atoms with E-state index in [1.807, 2.05) is 30.5 Å². The summed E-state index contributed by atoms with van der Waals surface area (Å²) in [6, 6.07) is 7.61. The lowest BCUT2D eigenvalue weighted by Gasteiger charge is -2.24. The van der Waals surface area contributed by atoms with Crippen molar-refractivity contribution in [3.05, 3.63) is 35.0 Å². The number of aromatic nitrogens is 1. The van der Waals surface area contributed by atoms with Gasteiger partial charge in [-0.05, 0) is 37.3 Å². The molecule has 2 fully saturated rings. The van der Waals surface area contributed by atoms with E-state index in [1.54, 1.807) is 11.8 Å².